The van der Waals surface area contributed by atoms with Gasteiger partial charge in [-0.1, -0.05) is 0 Å². The molecule has 4 rings (SSSR count). The summed E-state index contributed by atoms with van der Waals surface area (Å²) in [6.07, 6.45) is 9.13. The topological polar surface area (TPSA) is 109 Å². The van der Waals surface area contributed by atoms with Crippen LogP contribution in [0.5, 0.6) is 5.75 Å². The number of methoxy groups -OCH3 is 1. The third-order valence-corrected chi connectivity index (χ3v) is 8.37. The summed E-state index contributed by atoms with van der Waals surface area (Å²) in [7, 11) is 1.63. The lowest BCUT2D eigenvalue weighted by Gasteiger charge is -2.39. The Balaban J connectivity index is 1.32. The van der Waals surface area contributed by atoms with Crippen molar-refractivity contribution in [3.63, 3.8) is 0 Å². The predicted octanol–water partition coefficient (Wildman–Crippen LogP) is 4.83. The number of carbonyl (C=O) groups is 1. The van der Waals surface area contributed by atoms with E-state index >= 15 is 0 Å². The minimum absolute atomic E-state index is 0.192. The number of rotatable bonds is 13. The Bertz CT molecular complexity index is 1150. The zero-order valence-electron chi connectivity index (χ0n) is 21.3. The van der Waals surface area contributed by atoms with Crippen LogP contribution in [-0.2, 0) is 4.79 Å². The normalized spacial score (nSPS) is 19.1. The Morgan fingerprint density at radius 2 is 2.08 bits per heavy atom. The largest absolute Gasteiger partial charge is 0.497 e. The van der Waals surface area contributed by atoms with Crippen molar-refractivity contribution in [3.05, 3.63) is 54.5 Å². The minimum atomic E-state index is -0.740. The van der Waals surface area contributed by atoms with E-state index < -0.39 is 12.1 Å². The number of hydrogen-bond donors (Lipinski definition) is 2. The van der Waals surface area contributed by atoms with E-state index in [9.17, 15) is 15.0 Å². The number of aliphatic carboxylic acids is 1. The SMILES string of the molecule is COc1ccc2nccc(C(O)CC[C@@H]3CCN(CCCSc4ccnnc4)C[C@@H]3CCC(=O)O)c2c1. The highest BCUT2D eigenvalue weighted by Crippen LogP contribution is 2.35. The Morgan fingerprint density at radius 1 is 1.19 bits per heavy atom. The van der Waals surface area contributed by atoms with Gasteiger partial charge in [0.25, 0.3) is 0 Å². The number of benzene rings is 1. The van der Waals surface area contributed by atoms with Gasteiger partial charge >= 0.3 is 5.97 Å². The highest BCUT2D eigenvalue weighted by molar-refractivity contribution is 7.99. The molecule has 1 fully saturated rings. The molecule has 1 aliphatic rings. The first-order valence-electron chi connectivity index (χ1n) is 13.0. The zero-order chi connectivity index (χ0) is 26.0. The molecule has 0 bridgehead atoms. The molecule has 1 aromatic carbocycles. The number of piperidine rings is 1. The summed E-state index contributed by atoms with van der Waals surface area (Å²) >= 11 is 1.79. The van der Waals surface area contributed by atoms with Gasteiger partial charge in [-0.2, -0.15) is 10.2 Å². The van der Waals surface area contributed by atoms with Crippen molar-refractivity contribution in [1.82, 2.24) is 20.1 Å². The number of pyridine rings is 1. The molecule has 0 spiro atoms. The number of aliphatic hydroxyl groups is 1. The number of hydrogen-bond acceptors (Lipinski definition) is 8. The van der Waals surface area contributed by atoms with Crippen LogP contribution in [0, 0.1) is 11.8 Å². The van der Waals surface area contributed by atoms with E-state index in [2.05, 4.69) is 20.1 Å². The molecule has 0 aliphatic carbocycles. The van der Waals surface area contributed by atoms with E-state index in [1.807, 2.05) is 30.3 Å². The quantitative estimate of drug-likeness (QED) is 0.240. The first-order valence-corrected chi connectivity index (χ1v) is 14.0. The molecule has 8 nitrogen and oxygen atoms in total. The number of likely N-dealkylation sites (tertiary alicyclic amines) is 1. The lowest BCUT2D eigenvalue weighted by Crippen LogP contribution is -2.41. The first kappa shape index (κ1) is 27.3. The maximum atomic E-state index is 11.3. The summed E-state index contributed by atoms with van der Waals surface area (Å²) in [5, 5.41) is 29.1. The van der Waals surface area contributed by atoms with E-state index in [0.717, 1.165) is 71.8 Å². The molecule has 1 unspecified atom stereocenters. The van der Waals surface area contributed by atoms with Crippen LogP contribution in [0.2, 0.25) is 0 Å². The number of carboxylic acids is 1. The number of nitrogens with zero attached hydrogens (tertiary/aromatic N) is 4. The van der Waals surface area contributed by atoms with Crippen LogP contribution >= 0.6 is 11.8 Å². The van der Waals surface area contributed by atoms with Crippen molar-refractivity contribution >= 4 is 28.6 Å². The highest BCUT2D eigenvalue weighted by atomic mass is 32.2. The third kappa shape index (κ3) is 7.87. The lowest BCUT2D eigenvalue weighted by atomic mass is 9.79. The van der Waals surface area contributed by atoms with Crippen molar-refractivity contribution < 1.29 is 19.7 Å². The standard InChI is InChI=1S/C28H36N4O4S/c1-36-22-5-6-26-25(17-22)24(10-12-29-26)27(33)7-3-20-11-15-32(19-21(20)4-8-28(34)35)14-2-16-37-23-9-13-30-31-18-23/h5-6,9-10,12-13,17-18,20-21,27,33H,2-4,7-8,11,14-16,19H2,1H3,(H,34,35)/t20-,21+,27?/m1/s1. The molecule has 0 radical (unpaired) electrons. The fraction of sp³-hybridized carbons (Fsp3) is 0.500. The van der Waals surface area contributed by atoms with Crippen LogP contribution in [0.25, 0.3) is 10.9 Å². The van der Waals surface area contributed by atoms with Gasteiger partial charge in [0, 0.05) is 29.4 Å². The molecular formula is C28H36N4O4S. The molecular weight excluding hydrogens is 488 g/mol. The number of ether oxygens (including phenoxy) is 1. The highest BCUT2D eigenvalue weighted by Gasteiger charge is 2.30. The summed E-state index contributed by atoms with van der Waals surface area (Å²) in [4.78, 5) is 19.4. The Labute approximate surface area is 222 Å². The average molecular weight is 525 g/mol. The van der Waals surface area contributed by atoms with E-state index in [-0.39, 0.29) is 6.42 Å². The molecule has 1 saturated heterocycles. The minimum Gasteiger partial charge on any atom is -0.497 e. The zero-order valence-corrected chi connectivity index (χ0v) is 22.1. The molecule has 198 valence electrons. The molecule has 37 heavy (non-hydrogen) atoms. The molecule has 9 heteroatoms. The van der Waals surface area contributed by atoms with Gasteiger partial charge in [-0.25, -0.2) is 0 Å². The van der Waals surface area contributed by atoms with Gasteiger partial charge in [0.15, 0.2) is 0 Å². The van der Waals surface area contributed by atoms with Gasteiger partial charge in [-0.15, -0.1) is 11.8 Å². The first-order chi connectivity index (χ1) is 18.0. The van der Waals surface area contributed by atoms with Crippen molar-refractivity contribution in [2.75, 3.05) is 32.5 Å². The predicted molar refractivity (Wildman–Crippen MR) is 145 cm³/mol. The van der Waals surface area contributed by atoms with Gasteiger partial charge in [0.05, 0.1) is 31.1 Å². The summed E-state index contributed by atoms with van der Waals surface area (Å²) in [6.45, 7) is 2.95. The lowest BCUT2D eigenvalue weighted by molar-refractivity contribution is -0.137. The van der Waals surface area contributed by atoms with Gasteiger partial charge in [-0.05, 0) is 98.7 Å². The van der Waals surface area contributed by atoms with Crippen LogP contribution < -0.4 is 4.74 Å². The van der Waals surface area contributed by atoms with E-state index in [1.54, 1.807) is 37.5 Å². The fourth-order valence-corrected chi connectivity index (χ4v) is 6.10. The Kier molecular flexibility index (Phi) is 10.1. The number of fused-ring (bicyclic) bond motifs is 1. The number of aromatic nitrogens is 3. The third-order valence-electron chi connectivity index (χ3n) is 7.30. The molecule has 2 N–H and O–H groups in total. The van der Waals surface area contributed by atoms with Crippen molar-refractivity contribution in [2.45, 2.75) is 49.5 Å². The summed E-state index contributed by atoms with van der Waals surface area (Å²) in [5.41, 5.74) is 1.70. The maximum Gasteiger partial charge on any atom is 0.303 e. The van der Waals surface area contributed by atoms with Gasteiger partial charge in [0.2, 0.25) is 0 Å². The van der Waals surface area contributed by atoms with Crippen molar-refractivity contribution in [1.29, 1.82) is 0 Å². The van der Waals surface area contributed by atoms with Crippen molar-refractivity contribution in [3.8, 4) is 5.75 Å². The maximum absolute atomic E-state index is 11.3. The summed E-state index contributed by atoms with van der Waals surface area (Å²) in [6, 6.07) is 9.58. The fourth-order valence-electron chi connectivity index (χ4n) is 5.31. The van der Waals surface area contributed by atoms with Crippen LogP contribution in [0.15, 0.2) is 53.8 Å². The Hall–Kier alpha value is -2.75. The van der Waals surface area contributed by atoms with Crippen molar-refractivity contribution in [2.24, 2.45) is 11.8 Å². The molecule has 3 aromatic rings. The molecule has 2 aromatic heterocycles. The molecule has 3 atom stereocenters. The molecule has 0 amide bonds. The number of thioether (sulfide) groups is 1. The van der Waals surface area contributed by atoms with E-state index in [1.165, 1.54) is 0 Å². The summed E-state index contributed by atoms with van der Waals surface area (Å²) < 4.78 is 5.37. The van der Waals surface area contributed by atoms with E-state index in [0.29, 0.717) is 24.7 Å². The second-order valence-corrected chi connectivity index (χ2v) is 10.9. The Morgan fingerprint density at radius 3 is 2.86 bits per heavy atom. The van der Waals surface area contributed by atoms with Gasteiger partial charge in [-0.3, -0.25) is 9.78 Å². The molecule has 3 heterocycles. The second kappa shape index (κ2) is 13.7. The van der Waals surface area contributed by atoms with Crippen LogP contribution in [0.4, 0.5) is 0 Å². The molecule has 0 saturated carbocycles. The van der Waals surface area contributed by atoms with Crippen LogP contribution in [-0.4, -0.2) is 68.8 Å². The van der Waals surface area contributed by atoms with Crippen LogP contribution in [0.1, 0.15) is 50.2 Å². The van der Waals surface area contributed by atoms with Gasteiger partial charge in [0.1, 0.15) is 5.75 Å². The van der Waals surface area contributed by atoms with Crippen LogP contribution in [0.3, 0.4) is 0 Å². The van der Waals surface area contributed by atoms with E-state index in [4.69, 9.17) is 4.74 Å². The second-order valence-electron chi connectivity index (χ2n) is 9.70. The van der Waals surface area contributed by atoms with Gasteiger partial charge < -0.3 is 19.8 Å². The summed E-state index contributed by atoms with van der Waals surface area (Å²) in [5.74, 6) is 1.75. The number of aliphatic hydroxyl groups excluding tert-OH is 1. The monoisotopic (exact) mass is 524 g/mol. The number of carboxylic acid groups (broad SMARTS) is 1. The smallest absolute Gasteiger partial charge is 0.303 e. The molecule has 1 aliphatic heterocycles. The average Bonchev–Trinajstić information content (AvgIpc) is 2.93.